The lowest BCUT2D eigenvalue weighted by Crippen LogP contribution is -2.53. The second kappa shape index (κ2) is 3.81. The first-order valence-electron chi connectivity index (χ1n) is 4.88. The van der Waals surface area contributed by atoms with Crippen molar-refractivity contribution in [1.29, 1.82) is 0 Å². The molecule has 0 aromatic rings. The molecular weight excluding hydrogens is 246 g/mol. The van der Waals surface area contributed by atoms with E-state index in [-0.39, 0.29) is 11.8 Å². The Hall–Kier alpha value is -0.950. The van der Waals surface area contributed by atoms with Crippen molar-refractivity contribution in [3.63, 3.8) is 0 Å². The molecule has 84 valence electrons. The molecule has 0 radical (unpaired) electrons. The van der Waals surface area contributed by atoms with Crippen LogP contribution >= 0.6 is 23.5 Å². The number of aliphatic imine (C=N–C) groups is 1. The lowest BCUT2D eigenvalue weighted by molar-refractivity contribution is -0.139. The Morgan fingerprint density at radius 1 is 1.44 bits per heavy atom. The molecule has 0 saturated carbocycles. The fraction of sp³-hybridized carbons (Fsp3) is 0.444. The first kappa shape index (κ1) is 10.2. The average Bonchev–Trinajstić information content (AvgIpc) is 2.87. The highest BCUT2D eigenvalue weighted by atomic mass is 32.2. The van der Waals surface area contributed by atoms with Gasteiger partial charge in [-0.15, -0.1) is 11.8 Å². The Balaban J connectivity index is 1.92. The minimum atomic E-state index is -0.742. The van der Waals surface area contributed by atoms with Crippen molar-refractivity contribution in [2.75, 3.05) is 18.2 Å². The van der Waals surface area contributed by atoms with E-state index in [1.165, 1.54) is 11.8 Å². The molecule has 0 aliphatic carbocycles. The van der Waals surface area contributed by atoms with Gasteiger partial charge in [0.05, 0.1) is 5.88 Å². The third-order valence-electron chi connectivity index (χ3n) is 2.62. The molecule has 3 heterocycles. The standard InChI is InChI=1S/C9H9N3O2S2/c13-7-6(11-1-3-15-5-11)8(14)12-2-4-16-9(12)10-7/h1,3,6H,2,4-5H2. The maximum atomic E-state index is 12.1. The van der Waals surface area contributed by atoms with Crippen LogP contribution in [0.5, 0.6) is 0 Å². The second-order valence-corrected chi connectivity index (χ2v) is 5.49. The maximum absolute atomic E-state index is 12.1. The summed E-state index contributed by atoms with van der Waals surface area (Å²) >= 11 is 3.04. The molecule has 1 atom stereocenters. The highest BCUT2D eigenvalue weighted by Crippen LogP contribution is 2.27. The summed E-state index contributed by atoms with van der Waals surface area (Å²) in [5.41, 5.74) is 0. The van der Waals surface area contributed by atoms with Gasteiger partial charge in [-0.2, -0.15) is 4.99 Å². The minimum absolute atomic E-state index is 0.132. The van der Waals surface area contributed by atoms with Gasteiger partial charge in [-0.3, -0.25) is 14.5 Å². The summed E-state index contributed by atoms with van der Waals surface area (Å²) < 4.78 is 0. The fourth-order valence-electron chi connectivity index (χ4n) is 1.85. The van der Waals surface area contributed by atoms with Crippen LogP contribution in [0.4, 0.5) is 0 Å². The van der Waals surface area contributed by atoms with Gasteiger partial charge < -0.3 is 4.90 Å². The van der Waals surface area contributed by atoms with Gasteiger partial charge in [0.2, 0.25) is 0 Å². The summed E-state index contributed by atoms with van der Waals surface area (Å²) in [6.07, 6.45) is 1.79. The molecule has 2 amide bonds. The smallest absolute Gasteiger partial charge is 0.280 e. The largest absolute Gasteiger partial charge is 0.348 e. The molecule has 1 unspecified atom stereocenters. The van der Waals surface area contributed by atoms with E-state index in [2.05, 4.69) is 4.99 Å². The Kier molecular flexibility index (Phi) is 2.44. The molecule has 0 spiro atoms. The van der Waals surface area contributed by atoms with E-state index in [0.717, 1.165) is 5.75 Å². The number of hydrogen-bond acceptors (Lipinski definition) is 5. The molecule has 0 N–H and O–H groups in total. The lowest BCUT2D eigenvalue weighted by Gasteiger charge is -2.30. The zero-order chi connectivity index (χ0) is 11.1. The van der Waals surface area contributed by atoms with Crippen LogP contribution in [0.3, 0.4) is 0 Å². The Labute approximate surface area is 101 Å². The van der Waals surface area contributed by atoms with Crippen LogP contribution in [0.15, 0.2) is 16.6 Å². The number of hydrogen-bond donors (Lipinski definition) is 0. The summed E-state index contributed by atoms with van der Waals surface area (Å²) in [6, 6.07) is -0.742. The van der Waals surface area contributed by atoms with E-state index in [0.29, 0.717) is 17.6 Å². The summed E-state index contributed by atoms with van der Waals surface area (Å²) in [4.78, 5) is 31.3. The van der Waals surface area contributed by atoms with Crippen LogP contribution in [0.25, 0.3) is 0 Å². The average molecular weight is 255 g/mol. The minimum Gasteiger partial charge on any atom is -0.348 e. The van der Waals surface area contributed by atoms with Gasteiger partial charge in [-0.05, 0) is 5.41 Å². The number of rotatable bonds is 1. The van der Waals surface area contributed by atoms with Gasteiger partial charge in [0.15, 0.2) is 11.2 Å². The third-order valence-corrected chi connectivity index (χ3v) is 4.34. The SMILES string of the molecule is O=C1N=C2SCCN2C(=O)C1N1C=CSC1. The number of amides is 2. The number of amidine groups is 1. The van der Waals surface area contributed by atoms with Crippen molar-refractivity contribution in [2.24, 2.45) is 4.99 Å². The number of fused-ring (bicyclic) bond motifs is 1. The molecular formula is C9H9N3O2S2. The van der Waals surface area contributed by atoms with Gasteiger partial charge >= 0.3 is 0 Å². The molecule has 16 heavy (non-hydrogen) atoms. The van der Waals surface area contributed by atoms with E-state index < -0.39 is 6.04 Å². The van der Waals surface area contributed by atoms with Crippen LogP contribution in [0.1, 0.15) is 0 Å². The molecule has 0 bridgehead atoms. The van der Waals surface area contributed by atoms with Crippen LogP contribution in [0, 0.1) is 0 Å². The van der Waals surface area contributed by atoms with Crippen molar-refractivity contribution in [1.82, 2.24) is 9.80 Å². The number of carbonyl (C=O) groups excluding carboxylic acids is 2. The Bertz CT molecular complexity index is 421. The lowest BCUT2D eigenvalue weighted by atomic mass is 10.2. The van der Waals surface area contributed by atoms with Gasteiger partial charge in [0, 0.05) is 18.5 Å². The molecule has 0 aromatic carbocycles. The summed E-state index contributed by atoms with van der Waals surface area (Å²) in [5.74, 6) is 1.01. The fourth-order valence-corrected chi connectivity index (χ4v) is 3.53. The van der Waals surface area contributed by atoms with Gasteiger partial charge in [-0.1, -0.05) is 11.8 Å². The zero-order valence-corrected chi connectivity index (χ0v) is 9.96. The Morgan fingerprint density at radius 2 is 2.31 bits per heavy atom. The second-order valence-electron chi connectivity index (χ2n) is 3.57. The van der Waals surface area contributed by atoms with E-state index in [1.807, 2.05) is 5.41 Å². The first-order valence-corrected chi connectivity index (χ1v) is 6.91. The highest BCUT2D eigenvalue weighted by Gasteiger charge is 2.43. The summed E-state index contributed by atoms with van der Waals surface area (Å²) in [6.45, 7) is 0.664. The number of carbonyl (C=O) groups is 2. The maximum Gasteiger partial charge on any atom is 0.280 e. The molecule has 7 heteroatoms. The van der Waals surface area contributed by atoms with E-state index in [4.69, 9.17) is 0 Å². The van der Waals surface area contributed by atoms with Crippen LogP contribution in [0.2, 0.25) is 0 Å². The molecule has 1 saturated heterocycles. The van der Waals surface area contributed by atoms with Crippen molar-refractivity contribution in [3.05, 3.63) is 11.6 Å². The summed E-state index contributed by atoms with van der Waals surface area (Å²) in [7, 11) is 0. The molecule has 1 fully saturated rings. The van der Waals surface area contributed by atoms with E-state index in [9.17, 15) is 9.59 Å². The monoisotopic (exact) mass is 255 g/mol. The molecule has 0 aromatic heterocycles. The van der Waals surface area contributed by atoms with Crippen LogP contribution in [-0.4, -0.2) is 51.0 Å². The molecule has 3 aliphatic heterocycles. The highest BCUT2D eigenvalue weighted by molar-refractivity contribution is 8.14. The Morgan fingerprint density at radius 3 is 3.06 bits per heavy atom. The predicted molar refractivity (Wildman–Crippen MR) is 63.8 cm³/mol. The molecule has 5 nitrogen and oxygen atoms in total. The first-order chi connectivity index (χ1) is 7.77. The predicted octanol–water partition coefficient (Wildman–Crippen LogP) is 0.304. The van der Waals surface area contributed by atoms with E-state index in [1.54, 1.807) is 27.8 Å². The molecule has 3 rings (SSSR count). The van der Waals surface area contributed by atoms with Crippen molar-refractivity contribution < 1.29 is 9.59 Å². The topological polar surface area (TPSA) is 53.0 Å². The van der Waals surface area contributed by atoms with Crippen molar-refractivity contribution in [2.45, 2.75) is 6.04 Å². The molecule has 3 aliphatic rings. The van der Waals surface area contributed by atoms with Crippen molar-refractivity contribution in [3.8, 4) is 0 Å². The zero-order valence-electron chi connectivity index (χ0n) is 8.33. The number of nitrogens with zero attached hydrogens (tertiary/aromatic N) is 3. The van der Waals surface area contributed by atoms with E-state index >= 15 is 0 Å². The third kappa shape index (κ3) is 1.46. The normalized spacial score (nSPS) is 28.8. The van der Waals surface area contributed by atoms with Crippen molar-refractivity contribution >= 4 is 40.5 Å². The number of thioether (sulfide) groups is 2. The van der Waals surface area contributed by atoms with Crippen LogP contribution in [-0.2, 0) is 9.59 Å². The quantitative estimate of drug-likeness (QED) is 0.631. The van der Waals surface area contributed by atoms with Gasteiger partial charge in [0.1, 0.15) is 0 Å². The summed E-state index contributed by atoms with van der Waals surface area (Å²) in [5, 5.41) is 2.46. The van der Waals surface area contributed by atoms with Gasteiger partial charge in [-0.25, -0.2) is 0 Å². The van der Waals surface area contributed by atoms with Gasteiger partial charge in [0.25, 0.3) is 11.8 Å². The van der Waals surface area contributed by atoms with Crippen LogP contribution < -0.4 is 0 Å².